The van der Waals surface area contributed by atoms with Crippen LogP contribution in [0.4, 0.5) is 17.1 Å². The van der Waals surface area contributed by atoms with Crippen molar-refractivity contribution in [3.63, 3.8) is 0 Å². The molecule has 0 aliphatic heterocycles. The average molecular weight is 838 g/mol. The molecule has 11 rings (SSSR count). The Labute approximate surface area is 373 Å². The Morgan fingerprint density at radius 2 is 0.778 bits per heavy atom. The maximum Gasteiger partial charge on any atom is 0.0752 e. The highest BCUT2D eigenvalue weighted by Gasteiger charge is 2.26. The van der Waals surface area contributed by atoms with Crippen LogP contribution in [0.15, 0.2) is 243 Å². The first-order valence-electron chi connectivity index (χ1n) is 21.7. The standard InChI is InChI=1S/C60H44NPSi/c62-63-51-29-16-28-49(40-51)61(48-26-14-5-15-27-48)50-35-37-53-47(39-50)33-32-45-38-46(34-36-52(45)53)54-30-17-31-55-56(41-18-6-1-7-19-41)57(42-20-8-2-9-21-42)58(43-22-10-3-11-23-43)59(60(54)55)44-24-12-4-13-25-44/h1-40H,62-63H2. The highest BCUT2D eigenvalue weighted by Crippen LogP contribution is 2.53. The van der Waals surface area contributed by atoms with E-state index in [0.717, 1.165) is 11.4 Å². The van der Waals surface area contributed by atoms with Crippen molar-refractivity contribution in [2.45, 2.75) is 0 Å². The molecule has 0 aliphatic carbocycles. The highest BCUT2D eigenvalue weighted by molar-refractivity contribution is 7.58. The minimum atomic E-state index is -0.382. The number of anilines is 3. The molecule has 0 fully saturated rings. The van der Waals surface area contributed by atoms with Crippen molar-refractivity contribution in [3.8, 4) is 55.6 Å². The molecule has 63 heavy (non-hydrogen) atoms. The zero-order valence-corrected chi connectivity index (χ0v) is 37.4. The van der Waals surface area contributed by atoms with Gasteiger partial charge in [-0.25, -0.2) is 0 Å². The summed E-state index contributed by atoms with van der Waals surface area (Å²) in [6, 6.07) is 89.1. The zero-order chi connectivity index (χ0) is 42.1. The Morgan fingerprint density at radius 1 is 0.302 bits per heavy atom. The number of para-hydroxylation sites is 1. The van der Waals surface area contributed by atoms with Crippen molar-refractivity contribution in [2.75, 3.05) is 4.90 Å². The van der Waals surface area contributed by atoms with E-state index in [9.17, 15) is 0 Å². The fourth-order valence-corrected chi connectivity index (χ4v) is 10.9. The van der Waals surface area contributed by atoms with Crippen LogP contribution in [0.5, 0.6) is 0 Å². The van der Waals surface area contributed by atoms with E-state index in [1.807, 2.05) is 0 Å². The zero-order valence-electron chi connectivity index (χ0n) is 34.8. The number of nitrogens with zero attached hydrogens (tertiary/aromatic N) is 1. The molecule has 1 nitrogen and oxygen atoms in total. The minimum Gasteiger partial charge on any atom is -0.310 e. The van der Waals surface area contributed by atoms with E-state index in [1.54, 1.807) is 0 Å². The summed E-state index contributed by atoms with van der Waals surface area (Å²) in [7, 11) is 2.62. The smallest absolute Gasteiger partial charge is 0.0752 e. The van der Waals surface area contributed by atoms with E-state index in [-0.39, 0.29) is 9.19 Å². The van der Waals surface area contributed by atoms with Gasteiger partial charge in [0.1, 0.15) is 0 Å². The van der Waals surface area contributed by atoms with Crippen LogP contribution in [-0.2, 0) is 0 Å². The molecule has 11 aromatic carbocycles. The van der Waals surface area contributed by atoms with Crippen LogP contribution >= 0.6 is 8.79 Å². The van der Waals surface area contributed by atoms with Gasteiger partial charge in [0.05, 0.1) is 9.19 Å². The molecule has 0 aromatic heterocycles. The molecule has 1 unspecified atom stereocenters. The monoisotopic (exact) mass is 837 g/mol. The summed E-state index contributed by atoms with van der Waals surface area (Å²) in [5.41, 5.74) is 15.6. The lowest BCUT2D eigenvalue weighted by Crippen LogP contribution is -2.14. The van der Waals surface area contributed by atoms with Crippen molar-refractivity contribution in [2.24, 2.45) is 0 Å². The lowest BCUT2D eigenvalue weighted by atomic mass is 9.77. The number of hydrogen-bond donors (Lipinski definition) is 0. The molecule has 298 valence electrons. The quantitative estimate of drug-likeness (QED) is 0.0795. The Balaban J connectivity index is 1.15. The lowest BCUT2D eigenvalue weighted by molar-refractivity contribution is 1.29. The van der Waals surface area contributed by atoms with Crippen LogP contribution in [0.25, 0.3) is 88.0 Å². The highest BCUT2D eigenvalue weighted by atomic mass is 31.3. The van der Waals surface area contributed by atoms with E-state index < -0.39 is 0 Å². The fraction of sp³-hybridized carbons (Fsp3) is 0. The van der Waals surface area contributed by atoms with Crippen molar-refractivity contribution in [3.05, 3.63) is 243 Å². The van der Waals surface area contributed by atoms with Crippen LogP contribution in [0.2, 0.25) is 0 Å². The number of hydrogen-bond acceptors (Lipinski definition) is 1. The first kappa shape index (κ1) is 38.6. The maximum absolute atomic E-state index is 3.00. The van der Waals surface area contributed by atoms with Crippen LogP contribution in [0, 0.1) is 0 Å². The molecule has 0 aliphatic rings. The topological polar surface area (TPSA) is 3.24 Å². The van der Waals surface area contributed by atoms with Gasteiger partial charge in [0, 0.05) is 17.1 Å². The normalized spacial score (nSPS) is 11.5. The number of benzene rings is 11. The Kier molecular flexibility index (Phi) is 10.3. The molecule has 0 amide bonds. The number of rotatable bonds is 9. The summed E-state index contributed by atoms with van der Waals surface area (Å²) < 4.78 is 0. The minimum absolute atomic E-state index is 0.382. The van der Waals surface area contributed by atoms with Crippen molar-refractivity contribution in [1.82, 2.24) is 0 Å². The van der Waals surface area contributed by atoms with Crippen molar-refractivity contribution in [1.29, 1.82) is 0 Å². The van der Waals surface area contributed by atoms with E-state index in [0.29, 0.717) is 0 Å². The van der Waals surface area contributed by atoms with E-state index in [1.165, 1.54) is 98.8 Å². The molecule has 0 N–H and O–H groups in total. The second-order valence-electron chi connectivity index (χ2n) is 16.1. The molecule has 1 atom stereocenters. The SMILES string of the molecule is P[SiH2]c1cccc(N(c2ccccc2)c2ccc3c(ccc4cc(-c5cccc6c(-c7ccccc7)c(-c7ccccc7)c(-c7ccccc7)c(-c7ccccc7)c56)ccc43)c2)c1. The second kappa shape index (κ2) is 16.8. The van der Waals surface area contributed by atoms with Crippen LogP contribution in [0.1, 0.15) is 0 Å². The third kappa shape index (κ3) is 7.14. The molecule has 0 saturated heterocycles. The van der Waals surface area contributed by atoms with Crippen molar-refractivity contribution < 1.29 is 0 Å². The van der Waals surface area contributed by atoms with Gasteiger partial charge in [-0.3, -0.25) is 0 Å². The molecule has 0 heterocycles. The van der Waals surface area contributed by atoms with E-state index in [4.69, 9.17) is 0 Å². The maximum atomic E-state index is 3.00. The summed E-state index contributed by atoms with van der Waals surface area (Å²) in [4.78, 5) is 2.38. The third-order valence-electron chi connectivity index (χ3n) is 12.4. The lowest BCUT2D eigenvalue weighted by Gasteiger charge is -2.26. The molecular weight excluding hydrogens is 794 g/mol. The van der Waals surface area contributed by atoms with Gasteiger partial charge in [-0.2, -0.15) is 8.79 Å². The van der Waals surface area contributed by atoms with Gasteiger partial charge in [0.25, 0.3) is 0 Å². The Hall–Kier alpha value is -7.35. The first-order valence-corrected chi connectivity index (χ1v) is 25.7. The predicted molar refractivity (Wildman–Crippen MR) is 279 cm³/mol. The molecule has 0 spiro atoms. The van der Waals surface area contributed by atoms with Gasteiger partial charge >= 0.3 is 0 Å². The molecule has 0 radical (unpaired) electrons. The molecule has 11 aromatic rings. The van der Waals surface area contributed by atoms with Gasteiger partial charge in [0.15, 0.2) is 0 Å². The Morgan fingerprint density at radius 3 is 1.38 bits per heavy atom. The van der Waals surface area contributed by atoms with Gasteiger partial charge < -0.3 is 4.90 Å². The molecule has 3 heteroatoms. The largest absolute Gasteiger partial charge is 0.310 e. The van der Waals surface area contributed by atoms with Crippen molar-refractivity contribution >= 4 is 72.5 Å². The average Bonchev–Trinajstić information content (AvgIpc) is 3.36. The van der Waals surface area contributed by atoms with Gasteiger partial charge in [-0.1, -0.05) is 205 Å². The summed E-state index contributed by atoms with van der Waals surface area (Å²) in [6.07, 6.45) is 0. The first-order chi connectivity index (χ1) is 31.2. The van der Waals surface area contributed by atoms with Gasteiger partial charge in [-0.15, -0.1) is 0 Å². The summed E-state index contributed by atoms with van der Waals surface area (Å²) in [5.74, 6) is 0. The third-order valence-corrected chi connectivity index (χ3v) is 14.7. The molecular formula is C60H44NPSi. The van der Waals surface area contributed by atoms with E-state index in [2.05, 4.69) is 256 Å². The molecule has 0 bridgehead atoms. The molecule has 0 saturated carbocycles. The summed E-state index contributed by atoms with van der Waals surface area (Å²) in [5, 5.41) is 8.83. The Bertz CT molecular complexity index is 3410. The van der Waals surface area contributed by atoms with Crippen LogP contribution < -0.4 is 10.1 Å². The predicted octanol–water partition coefficient (Wildman–Crippen LogP) is 15.5. The van der Waals surface area contributed by atoms with Crippen LogP contribution in [-0.4, -0.2) is 9.19 Å². The second-order valence-corrected chi connectivity index (χ2v) is 18.6. The summed E-state index contributed by atoms with van der Waals surface area (Å²) in [6.45, 7) is 0. The summed E-state index contributed by atoms with van der Waals surface area (Å²) >= 11 is 0. The van der Waals surface area contributed by atoms with E-state index >= 15 is 0 Å². The number of fused-ring (bicyclic) bond motifs is 4. The van der Waals surface area contributed by atoms with Gasteiger partial charge in [0.2, 0.25) is 0 Å². The fourth-order valence-electron chi connectivity index (χ4n) is 9.58. The van der Waals surface area contributed by atoms with Gasteiger partial charge in [-0.05, 0) is 130 Å². The van der Waals surface area contributed by atoms with Crippen LogP contribution in [0.3, 0.4) is 0 Å².